The van der Waals surface area contributed by atoms with E-state index in [1.807, 2.05) is 30.3 Å². The van der Waals surface area contributed by atoms with Crippen LogP contribution in [0.3, 0.4) is 0 Å². The predicted molar refractivity (Wildman–Crippen MR) is 118 cm³/mol. The van der Waals surface area contributed by atoms with Crippen molar-refractivity contribution in [3.8, 4) is 0 Å². The second-order valence-electron chi connectivity index (χ2n) is 7.06. The lowest BCUT2D eigenvalue weighted by Gasteiger charge is -2.13. The molecule has 3 rings (SSSR count). The number of fused-ring (bicyclic) bond motifs is 1. The Morgan fingerprint density at radius 1 is 1.17 bits per heavy atom. The molecule has 0 saturated carbocycles. The highest BCUT2D eigenvalue weighted by Crippen LogP contribution is 2.20. The van der Waals surface area contributed by atoms with Crippen molar-refractivity contribution in [3.63, 3.8) is 0 Å². The number of hydrogen-bond donors (Lipinski definition) is 2. The topological polar surface area (TPSA) is 84.2 Å². The molecule has 0 fully saturated rings. The summed E-state index contributed by atoms with van der Waals surface area (Å²) in [5.74, 6) is 0.406. The SMILES string of the molecule is CC(C)c1ccc(NC(=O)CSc2nc3ccccc3c(=O)n2CCCO)cc1. The van der Waals surface area contributed by atoms with Crippen molar-refractivity contribution in [2.75, 3.05) is 17.7 Å². The highest BCUT2D eigenvalue weighted by Gasteiger charge is 2.13. The van der Waals surface area contributed by atoms with Crippen LogP contribution in [0.2, 0.25) is 0 Å². The van der Waals surface area contributed by atoms with Crippen LogP contribution in [0.15, 0.2) is 58.5 Å². The van der Waals surface area contributed by atoms with Crippen LogP contribution in [0.25, 0.3) is 10.9 Å². The molecule has 152 valence electrons. The summed E-state index contributed by atoms with van der Waals surface area (Å²) in [7, 11) is 0. The van der Waals surface area contributed by atoms with Crippen LogP contribution in [0.1, 0.15) is 31.7 Å². The second kappa shape index (κ2) is 9.71. The molecule has 0 radical (unpaired) electrons. The fraction of sp³-hybridized carbons (Fsp3) is 0.318. The number of aromatic nitrogens is 2. The van der Waals surface area contributed by atoms with E-state index in [1.54, 1.807) is 18.2 Å². The molecule has 0 aliphatic heterocycles. The number of anilines is 1. The maximum absolute atomic E-state index is 12.8. The van der Waals surface area contributed by atoms with Gasteiger partial charge in [0, 0.05) is 18.8 Å². The monoisotopic (exact) mass is 411 g/mol. The third-order valence-electron chi connectivity index (χ3n) is 4.56. The van der Waals surface area contributed by atoms with E-state index in [0.29, 0.717) is 34.9 Å². The highest BCUT2D eigenvalue weighted by atomic mass is 32.2. The molecule has 0 aliphatic carbocycles. The number of carbonyl (C=O) groups is 1. The van der Waals surface area contributed by atoms with Crippen molar-refractivity contribution < 1.29 is 9.90 Å². The third-order valence-corrected chi connectivity index (χ3v) is 5.54. The van der Waals surface area contributed by atoms with Gasteiger partial charge in [0.2, 0.25) is 5.91 Å². The quantitative estimate of drug-likeness (QED) is 0.437. The molecular formula is C22H25N3O3S. The number of amides is 1. The zero-order chi connectivity index (χ0) is 20.8. The van der Waals surface area contributed by atoms with Crippen LogP contribution >= 0.6 is 11.8 Å². The maximum Gasteiger partial charge on any atom is 0.262 e. The lowest BCUT2D eigenvalue weighted by Crippen LogP contribution is -2.24. The molecule has 29 heavy (non-hydrogen) atoms. The van der Waals surface area contributed by atoms with Crippen LogP contribution < -0.4 is 10.9 Å². The molecule has 0 bridgehead atoms. The Bertz CT molecular complexity index is 1050. The number of carbonyl (C=O) groups excluding carboxylic acids is 1. The Balaban J connectivity index is 1.74. The first-order chi connectivity index (χ1) is 14.0. The fourth-order valence-electron chi connectivity index (χ4n) is 2.96. The molecule has 0 aliphatic rings. The molecule has 2 N–H and O–H groups in total. The normalized spacial score (nSPS) is 11.2. The Morgan fingerprint density at radius 3 is 2.59 bits per heavy atom. The minimum absolute atomic E-state index is 0.0176. The zero-order valence-electron chi connectivity index (χ0n) is 16.6. The molecule has 1 heterocycles. The molecular weight excluding hydrogens is 386 g/mol. The number of nitrogens with one attached hydrogen (secondary N) is 1. The van der Waals surface area contributed by atoms with Gasteiger partial charge in [0.25, 0.3) is 5.56 Å². The summed E-state index contributed by atoms with van der Waals surface area (Å²) >= 11 is 1.22. The van der Waals surface area contributed by atoms with E-state index >= 15 is 0 Å². The van der Waals surface area contributed by atoms with Crippen LogP contribution in [0.4, 0.5) is 5.69 Å². The standard InChI is InChI=1S/C22H25N3O3S/c1-15(2)16-8-10-17(11-9-16)23-20(27)14-29-22-24-19-7-4-3-6-18(19)21(28)25(22)12-5-13-26/h3-4,6-11,15,26H,5,12-14H2,1-2H3,(H,23,27). The lowest BCUT2D eigenvalue weighted by molar-refractivity contribution is -0.113. The summed E-state index contributed by atoms with van der Waals surface area (Å²) in [6, 6.07) is 14.9. The molecule has 0 atom stereocenters. The maximum atomic E-state index is 12.8. The molecule has 2 aromatic carbocycles. The Labute approximate surface area is 174 Å². The van der Waals surface area contributed by atoms with Gasteiger partial charge in [0.1, 0.15) is 0 Å². The van der Waals surface area contributed by atoms with Crippen molar-refractivity contribution in [1.29, 1.82) is 0 Å². The number of aliphatic hydroxyl groups is 1. The van der Waals surface area contributed by atoms with E-state index in [-0.39, 0.29) is 23.8 Å². The average Bonchev–Trinajstić information content (AvgIpc) is 2.72. The van der Waals surface area contributed by atoms with E-state index < -0.39 is 0 Å². The second-order valence-corrected chi connectivity index (χ2v) is 8.00. The molecule has 1 amide bonds. The first kappa shape index (κ1) is 21.1. The van der Waals surface area contributed by atoms with Gasteiger partial charge in [-0.2, -0.15) is 0 Å². The molecule has 7 heteroatoms. The van der Waals surface area contributed by atoms with Gasteiger partial charge in [-0.1, -0.05) is 49.9 Å². The summed E-state index contributed by atoms with van der Waals surface area (Å²) in [6.07, 6.45) is 0.446. The lowest BCUT2D eigenvalue weighted by atomic mass is 10.0. The van der Waals surface area contributed by atoms with Gasteiger partial charge < -0.3 is 10.4 Å². The number of aliphatic hydroxyl groups excluding tert-OH is 1. The molecule has 0 unspecified atom stereocenters. The summed E-state index contributed by atoms with van der Waals surface area (Å²) in [4.78, 5) is 29.8. The van der Waals surface area contributed by atoms with E-state index in [0.717, 1.165) is 5.69 Å². The number of hydrogen-bond acceptors (Lipinski definition) is 5. The molecule has 6 nitrogen and oxygen atoms in total. The fourth-order valence-corrected chi connectivity index (χ4v) is 3.79. The Kier molecular flexibility index (Phi) is 7.06. The average molecular weight is 412 g/mol. The van der Waals surface area contributed by atoms with E-state index in [9.17, 15) is 9.59 Å². The third kappa shape index (κ3) is 5.25. The van der Waals surface area contributed by atoms with Crippen LogP contribution in [-0.4, -0.2) is 32.9 Å². The summed E-state index contributed by atoms with van der Waals surface area (Å²) in [5, 5.41) is 13.0. The number of rotatable bonds is 8. The van der Waals surface area contributed by atoms with Crippen molar-refractivity contribution >= 4 is 34.3 Å². The van der Waals surface area contributed by atoms with Gasteiger partial charge in [-0.3, -0.25) is 14.2 Å². The highest BCUT2D eigenvalue weighted by molar-refractivity contribution is 7.99. The number of benzene rings is 2. The van der Waals surface area contributed by atoms with Gasteiger partial charge in [-0.15, -0.1) is 0 Å². The van der Waals surface area contributed by atoms with Gasteiger partial charge in [0.05, 0.1) is 16.7 Å². The first-order valence-corrected chi connectivity index (χ1v) is 10.6. The Hall–Kier alpha value is -2.64. The molecule has 0 saturated heterocycles. The van der Waals surface area contributed by atoms with Crippen molar-refractivity contribution in [2.24, 2.45) is 0 Å². The van der Waals surface area contributed by atoms with Crippen molar-refractivity contribution in [3.05, 3.63) is 64.4 Å². The van der Waals surface area contributed by atoms with Gasteiger partial charge >= 0.3 is 0 Å². The predicted octanol–water partition coefficient (Wildman–Crippen LogP) is 3.63. The number of nitrogens with zero attached hydrogens (tertiary/aromatic N) is 2. The van der Waals surface area contributed by atoms with E-state index in [1.165, 1.54) is 21.9 Å². The summed E-state index contributed by atoms with van der Waals surface area (Å²) in [6.45, 7) is 4.58. The molecule has 0 spiro atoms. The van der Waals surface area contributed by atoms with Gasteiger partial charge in [0.15, 0.2) is 5.16 Å². The van der Waals surface area contributed by atoms with Gasteiger partial charge in [-0.05, 0) is 42.2 Å². The van der Waals surface area contributed by atoms with Crippen molar-refractivity contribution in [1.82, 2.24) is 9.55 Å². The van der Waals surface area contributed by atoms with E-state index in [2.05, 4.69) is 24.1 Å². The van der Waals surface area contributed by atoms with Crippen LogP contribution in [-0.2, 0) is 11.3 Å². The zero-order valence-corrected chi connectivity index (χ0v) is 17.4. The molecule has 1 aromatic heterocycles. The number of thioether (sulfide) groups is 1. The first-order valence-electron chi connectivity index (χ1n) is 9.62. The molecule has 3 aromatic rings. The number of para-hydroxylation sites is 1. The van der Waals surface area contributed by atoms with E-state index in [4.69, 9.17) is 5.11 Å². The minimum atomic E-state index is -0.164. The Morgan fingerprint density at radius 2 is 1.90 bits per heavy atom. The van der Waals surface area contributed by atoms with Crippen LogP contribution in [0.5, 0.6) is 0 Å². The van der Waals surface area contributed by atoms with Crippen LogP contribution in [0, 0.1) is 0 Å². The minimum Gasteiger partial charge on any atom is -0.396 e. The smallest absolute Gasteiger partial charge is 0.262 e. The summed E-state index contributed by atoms with van der Waals surface area (Å²) in [5.41, 5.74) is 2.40. The largest absolute Gasteiger partial charge is 0.396 e. The van der Waals surface area contributed by atoms with Gasteiger partial charge in [-0.25, -0.2) is 4.98 Å². The van der Waals surface area contributed by atoms with Crippen molar-refractivity contribution in [2.45, 2.75) is 37.9 Å². The summed E-state index contributed by atoms with van der Waals surface area (Å²) < 4.78 is 1.54.